The zero-order valence-electron chi connectivity index (χ0n) is 15.0. The number of anilines is 1. The second-order valence-corrected chi connectivity index (χ2v) is 8.49. The Bertz CT molecular complexity index is 1010. The van der Waals surface area contributed by atoms with Crippen molar-refractivity contribution in [2.75, 3.05) is 18.5 Å². The molecule has 10 heteroatoms. The molecule has 0 bridgehead atoms. The van der Waals surface area contributed by atoms with Gasteiger partial charge in [0.05, 0.1) is 18.8 Å². The zero-order chi connectivity index (χ0) is 20.0. The first kappa shape index (κ1) is 19.5. The second kappa shape index (κ2) is 6.70. The maximum absolute atomic E-state index is 14.8. The number of benzene rings is 1. The van der Waals surface area contributed by atoms with Crippen molar-refractivity contribution in [3.05, 3.63) is 47.3 Å². The Balaban J connectivity index is 1.88. The SMILES string of the molecule is Cc1cc(NC(=O)c2c(F)c(S(=O)(=O)NC3(C)COC3)cn2C)ccc1F. The number of hydrogen-bond donors (Lipinski definition) is 2. The summed E-state index contributed by atoms with van der Waals surface area (Å²) in [5.41, 5.74) is -0.688. The van der Waals surface area contributed by atoms with E-state index >= 15 is 0 Å². The molecule has 1 fully saturated rings. The van der Waals surface area contributed by atoms with Gasteiger partial charge in [-0.05, 0) is 37.6 Å². The van der Waals surface area contributed by atoms with E-state index in [1.54, 1.807) is 6.92 Å². The molecule has 1 aliphatic rings. The van der Waals surface area contributed by atoms with Crippen LogP contribution in [0.5, 0.6) is 0 Å². The van der Waals surface area contributed by atoms with Crippen molar-refractivity contribution in [3.63, 3.8) is 0 Å². The highest BCUT2D eigenvalue weighted by Gasteiger charge is 2.40. The van der Waals surface area contributed by atoms with Crippen molar-refractivity contribution < 1.29 is 26.7 Å². The Labute approximate surface area is 155 Å². The molecule has 1 aliphatic heterocycles. The molecule has 1 aromatic heterocycles. The van der Waals surface area contributed by atoms with Crippen LogP contribution < -0.4 is 10.0 Å². The van der Waals surface area contributed by atoms with E-state index in [0.29, 0.717) is 5.56 Å². The standard InChI is InChI=1S/C17H19F2N3O4S/c1-10-6-11(4-5-12(10)18)20-16(23)15-14(19)13(7-22(15)3)27(24,25)21-17(2)8-26-9-17/h4-7,21H,8-9H2,1-3H3,(H,20,23). The quantitative estimate of drug-likeness (QED) is 0.804. The lowest BCUT2D eigenvalue weighted by Crippen LogP contribution is -2.59. The largest absolute Gasteiger partial charge is 0.377 e. The van der Waals surface area contributed by atoms with Gasteiger partial charge in [0.2, 0.25) is 10.0 Å². The number of sulfonamides is 1. The summed E-state index contributed by atoms with van der Waals surface area (Å²) in [4.78, 5) is 11.8. The molecule has 0 unspecified atom stereocenters. The fourth-order valence-electron chi connectivity index (χ4n) is 2.78. The van der Waals surface area contributed by atoms with Gasteiger partial charge in [0.25, 0.3) is 5.91 Å². The number of halogens is 2. The fourth-order valence-corrected chi connectivity index (χ4v) is 4.28. The topological polar surface area (TPSA) is 89.4 Å². The molecule has 27 heavy (non-hydrogen) atoms. The summed E-state index contributed by atoms with van der Waals surface area (Å²) >= 11 is 0. The summed E-state index contributed by atoms with van der Waals surface area (Å²) in [6.07, 6.45) is 1.03. The number of ether oxygens (including phenoxy) is 1. The van der Waals surface area contributed by atoms with Gasteiger partial charge in [-0.1, -0.05) is 0 Å². The van der Waals surface area contributed by atoms with Crippen LogP contribution in [0, 0.1) is 18.6 Å². The highest BCUT2D eigenvalue weighted by Crippen LogP contribution is 2.25. The molecule has 2 heterocycles. The average Bonchev–Trinajstić information content (AvgIpc) is 2.84. The van der Waals surface area contributed by atoms with Gasteiger partial charge in [0.1, 0.15) is 16.4 Å². The summed E-state index contributed by atoms with van der Waals surface area (Å²) in [7, 11) is -2.82. The summed E-state index contributed by atoms with van der Waals surface area (Å²) in [6.45, 7) is 3.52. The molecule has 0 spiro atoms. The van der Waals surface area contributed by atoms with E-state index in [2.05, 4.69) is 10.0 Å². The van der Waals surface area contributed by atoms with Gasteiger partial charge in [-0.15, -0.1) is 0 Å². The molecule has 2 N–H and O–H groups in total. The first-order valence-corrected chi connectivity index (χ1v) is 9.55. The van der Waals surface area contributed by atoms with Crippen molar-refractivity contribution in [3.8, 4) is 0 Å². The number of rotatable bonds is 5. The minimum Gasteiger partial charge on any atom is -0.377 e. The Kier molecular flexibility index (Phi) is 4.83. The maximum atomic E-state index is 14.8. The van der Waals surface area contributed by atoms with E-state index in [4.69, 9.17) is 4.74 Å². The van der Waals surface area contributed by atoms with Gasteiger partial charge in [-0.25, -0.2) is 21.9 Å². The molecule has 0 atom stereocenters. The van der Waals surface area contributed by atoms with Crippen LogP contribution in [-0.4, -0.2) is 37.6 Å². The maximum Gasteiger partial charge on any atom is 0.275 e. The molecule has 3 rings (SSSR count). The minimum absolute atomic E-state index is 0.179. The summed E-state index contributed by atoms with van der Waals surface area (Å²) in [5.74, 6) is -2.45. The normalized spacial score (nSPS) is 16.0. The number of carbonyl (C=O) groups excluding carboxylic acids is 1. The first-order valence-electron chi connectivity index (χ1n) is 8.06. The number of hydrogen-bond acceptors (Lipinski definition) is 4. The van der Waals surface area contributed by atoms with Crippen molar-refractivity contribution >= 4 is 21.6 Å². The van der Waals surface area contributed by atoms with Crippen LogP contribution in [0.1, 0.15) is 23.0 Å². The highest BCUT2D eigenvalue weighted by atomic mass is 32.2. The predicted molar refractivity (Wildman–Crippen MR) is 94.0 cm³/mol. The molecule has 1 amide bonds. The van der Waals surface area contributed by atoms with Crippen LogP contribution in [0.25, 0.3) is 0 Å². The van der Waals surface area contributed by atoms with Crippen molar-refractivity contribution in [1.82, 2.24) is 9.29 Å². The Morgan fingerprint density at radius 2 is 1.96 bits per heavy atom. The zero-order valence-corrected chi connectivity index (χ0v) is 15.8. The number of carbonyl (C=O) groups is 1. The lowest BCUT2D eigenvalue weighted by Gasteiger charge is -2.38. The van der Waals surface area contributed by atoms with E-state index in [9.17, 15) is 22.0 Å². The lowest BCUT2D eigenvalue weighted by atomic mass is 10.0. The fraction of sp³-hybridized carbons (Fsp3) is 0.353. The third-order valence-electron chi connectivity index (χ3n) is 4.23. The van der Waals surface area contributed by atoms with Gasteiger partial charge in [-0.3, -0.25) is 4.79 Å². The molecule has 0 radical (unpaired) electrons. The number of aryl methyl sites for hydroxylation is 2. The number of nitrogens with zero attached hydrogens (tertiary/aromatic N) is 1. The van der Waals surface area contributed by atoms with Gasteiger partial charge >= 0.3 is 0 Å². The van der Waals surface area contributed by atoms with E-state index in [1.807, 2.05) is 0 Å². The van der Waals surface area contributed by atoms with Crippen LogP contribution in [-0.2, 0) is 21.8 Å². The van der Waals surface area contributed by atoms with Crippen molar-refractivity contribution in [2.45, 2.75) is 24.3 Å². The van der Waals surface area contributed by atoms with Crippen LogP contribution >= 0.6 is 0 Å². The van der Waals surface area contributed by atoms with E-state index in [-0.39, 0.29) is 18.9 Å². The molecule has 0 saturated carbocycles. The van der Waals surface area contributed by atoms with E-state index in [1.165, 1.54) is 32.2 Å². The lowest BCUT2D eigenvalue weighted by molar-refractivity contribution is -0.0523. The molecule has 2 aromatic rings. The number of aromatic nitrogens is 1. The minimum atomic E-state index is -4.19. The molecular weight excluding hydrogens is 380 g/mol. The van der Waals surface area contributed by atoms with Crippen LogP contribution in [0.3, 0.4) is 0 Å². The third-order valence-corrected chi connectivity index (χ3v) is 5.86. The molecule has 0 aliphatic carbocycles. The Hall–Kier alpha value is -2.30. The van der Waals surface area contributed by atoms with Crippen molar-refractivity contribution in [2.24, 2.45) is 7.05 Å². The third kappa shape index (κ3) is 3.73. The Morgan fingerprint density at radius 3 is 2.52 bits per heavy atom. The average molecular weight is 399 g/mol. The van der Waals surface area contributed by atoms with E-state index in [0.717, 1.165) is 10.8 Å². The van der Waals surface area contributed by atoms with Gasteiger partial charge in [0.15, 0.2) is 5.82 Å². The summed E-state index contributed by atoms with van der Waals surface area (Å²) in [5, 5.41) is 2.44. The molecule has 1 aromatic carbocycles. The second-order valence-electron chi connectivity index (χ2n) is 6.84. The molecule has 1 saturated heterocycles. The summed E-state index contributed by atoms with van der Waals surface area (Å²) in [6, 6.07) is 3.90. The van der Waals surface area contributed by atoms with Gasteiger partial charge < -0.3 is 14.6 Å². The monoisotopic (exact) mass is 399 g/mol. The van der Waals surface area contributed by atoms with Gasteiger partial charge in [0, 0.05) is 18.9 Å². The van der Waals surface area contributed by atoms with Crippen LogP contribution in [0.2, 0.25) is 0 Å². The first-order chi connectivity index (χ1) is 12.5. The van der Waals surface area contributed by atoms with Crippen LogP contribution in [0.4, 0.5) is 14.5 Å². The number of amides is 1. The smallest absolute Gasteiger partial charge is 0.275 e. The van der Waals surface area contributed by atoms with Crippen molar-refractivity contribution in [1.29, 1.82) is 0 Å². The molecular formula is C17H19F2N3O4S. The van der Waals surface area contributed by atoms with Gasteiger partial charge in [-0.2, -0.15) is 0 Å². The highest BCUT2D eigenvalue weighted by molar-refractivity contribution is 7.89. The Morgan fingerprint density at radius 1 is 1.30 bits per heavy atom. The molecule has 7 nitrogen and oxygen atoms in total. The van der Waals surface area contributed by atoms with E-state index < -0.39 is 43.7 Å². The molecule has 146 valence electrons. The number of nitrogens with one attached hydrogen (secondary N) is 2. The van der Waals surface area contributed by atoms with Crippen LogP contribution in [0.15, 0.2) is 29.3 Å². The predicted octanol–water partition coefficient (Wildman–Crippen LogP) is 1.93. The summed E-state index contributed by atoms with van der Waals surface area (Å²) < 4.78 is 61.6.